The number of amides is 1. The number of phenols is 1. The van der Waals surface area contributed by atoms with Gasteiger partial charge in [-0.05, 0) is 37.1 Å². The first-order valence-electron chi connectivity index (χ1n) is 7.62. The zero-order chi connectivity index (χ0) is 16.9. The molecule has 0 spiro atoms. The van der Waals surface area contributed by atoms with Crippen molar-refractivity contribution in [2.75, 3.05) is 13.7 Å². The maximum Gasteiger partial charge on any atom is 0.338 e. The number of hydrogen-bond donors (Lipinski definition) is 1. The van der Waals surface area contributed by atoms with Crippen molar-refractivity contribution in [3.63, 3.8) is 0 Å². The molecule has 0 saturated heterocycles. The van der Waals surface area contributed by atoms with Crippen molar-refractivity contribution < 1.29 is 19.4 Å². The second kappa shape index (κ2) is 7.14. The molecule has 1 fully saturated rings. The minimum absolute atomic E-state index is 0.0469. The SMILES string of the molecule is CN(C(=O)COC(=O)c1ccc(O)cc1)C1(C#N)CCCCC1. The lowest BCUT2D eigenvalue weighted by Crippen LogP contribution is -2.51. The molecule has 1 aromatic carbocycles. The van der Waals surface area contributed by atoms with Crippen molar-refractivity contribution >= 4 is 11.9 Å². The molecule has 0 atom stereocenters. The van der Waals surface area contributed by atoms with Gasteiger partial charge in [0.2, 0.25) is 0 Å². The lowest BCUT2D eigenvalue weighted by Gasteiger charge is -2.38. The highest BCUT2D eigenvalue weighted by atomic mass is 16.5. The van der Waals surface area contributed by atoms with E-state index in [2.05, 4.69) is 6.07 Å². The van der Waals surface area contributed by atoms with Gasteiger partial charge in [-0.15, -0.1) is 0 Å². The molecule has 0 aliphatic heterocycles. The zero-order valence-corrected chi connectivity index (χ0v) is 13.1. The average molecular weight is 316 g/mol. The van der Waals surface area contributed by atoms with Gasteiger partial charge in [0.15, 0.2) is 6.61 Å². The van der Waals surface area contributed by atoms with Crippen LogP contribution >= 0.6 is 0 Å². The molecule has 23 heavy (non-hydrogen) atoms. The molecule has 0 bridgehead atoms. The molecular formula is C17H20N2O4. The summed E-state index contributed by atoms with van der Waals surface area (Å²) in [6.07, 6.45) is 4.20. The number of hydrogen-bond acceptors (Lipinski definition) is 5. The molecule has 6 heteroatoms. The molecule has 2 rings (SSSR count). The van der Waals surface area contributed by atoms with Crippen molar-refractivity contribution in [1.29, 1.82) is 5.26 Å². The number of nitrogens with zero attached hydrogens (tertiary/aromatic N) is 2. The Morgan fingerprint density at radius 3 is 2.43 bits per heavy atom. The van der Waals surface area contributed by atoms with Crippen molar-refractivity contribution in [2.45, 2.75) is 37.6 Å². The number of carbonyl (C=O) groups is 2. The normalized spacial score (nSPS) is 16.2. The Morgan fingerprint density at radius 2 is 1.87 bits per heavy atom. The summed E-state index contributed by atoms with van der Waals surface area (Å²) in [4.78, 5) is 25.5. The standard InChI is InChI=1S/C17H20N2O4/c1-19(17(12-18)9-3-2-4-10-17)15(21)11-23-16(22)13-5-7-14(20)8-6-13/h5-8,20H,2-4,9-11H2,1H3. The Kier molecular flexibility index (Phi) is 5.22. The van der Waals surface area contributed by atoms with Crippen LogP contribution in [0.15, 0.2) is 24.3 Å². The van der Waals surface area contributed by atoms with Crippen LogP contribution < -0.4 is 0 Å². The maximum absolute atomic E-state index is 12.3. The highest BCUT2D eigenvalue weighted by Gasteiger charge is 2.38. The van der Waals surface area contributed by atoms with Gasteiger partial charge >= 0.3 is 5.97 Å². The van der Waals surface area contributed by atoms with E-state index in [9.17, 15) is 20.0 Å². The minimum Gasteiger partial charge on any atom is -0.508 e. The molecule has 0 aromatic heterocycles. The third kappa shape index (κ3) is 3.81. The molecule has 1 amide bonds. The number of esters is 1. The molecule has 0 heterocycles. The van der Waals surface area contributed by atoms with Crippen LogP contribution in [0.25, 0.3) is 0 Å². The first kappa shape index (κ1) is 16.8. The number of rotatable bonds is 4. The Bertz CT molecular complexity index is 612. The Labute approximate surface area is 135 Å². The number of carbonyl (C=O) groups excluding carboxylic acids is 2. The Hall–Kier alpha value is -2.55. The van der Waals surface area contributed by atoms with Gasteiger partial charge in [-0.25, -0.2) is 4.79 Å². The summed E-state index contributed by atoms with van der Waals surface area (Å²) in [7, 11) is 1.59. The Morgan fingerprint density at radius 1 is 1.26 bits per heavy atom. The highest BCUT2D eigenvalue weighted by Crippen LogP contribution is 2.32. The third-order valence-corrected chi connectivity index (χ3v) is 4.33. The van der Waals surface area contributed by atoms with Crippen molar-refractivity contribution in [3.05, 3.63) is 29.8 Å². The number of ether oxygens (including phenoxy) is 1. The predicted molar refractivity (Wildman–Crippen MR) is 82.6 cm³/mol. The number of nitriles is 1. The van der Waals surface area contributed by atoms with E-state index < -0.39 is 18.1 Å². The molecule has 1 aromatic rings. The fourth-order valence-corrected chi connectivity index (χ4v) is 2.80. The molecule has 1 saturated carbocycles. The summed E-state index contributed by atoms with van der Waals surface area (Å²) < 4.78 is 5.01. The van der Waals surface area contributed by atoms with E-state index >= 15 is 0 Å². The Balaban J connectivity index is 1.94. The van der Waals surface area contributed by atoms with Crippen molar-refractivity contribution in [1.82, 2.24) is 4.90 Å². The fourth-order valence-electron chi connectivity index (χ4n) is 2.80. The van der Waals surface area contributed by atoms with E-state index in [1.54, 1.807) is 7.05 Å². The lowest BCUT2D eigenvalue weighted by atomic mass is 9.81. The summed E-state index contributed by atoms with van der Waals surface area (Å²) in [5, 5.41) is 18.7. The first-order valence-corrected chi connectivity index (χ1v) is 7.62. The predicted octanol–water partition coefficient (Wildman–Crippen LogP) is 2.23. The van der Waals surface area contributed by atoms with Gasteiger partial charge in [0.1, 0.15) is 11.3 Å². The van der Waals surface area contributed by atoms with E-state index in [1.165, 1.54) is 29.2 Å². The average Bonchev–Trinajstić information content (AvgIpc) is 2.59. The molecule has 6 nitrogen and oxygen atoms in total. The molecular weight excluding hydrogens is 296 g/mol. The number of benzene rings is 1. The topological polar surface area (TPSA) is 90.6 Å². The maximum atomic E-state index is 12.3. The van der Waals surface area contributed by atoms with Gasteiger partial charge in [0.25, 0.3) is 5.91 Å². The first-order chi connectivity index (χ1) is 11.0. The molecule has 0 unspecified atom stereocenters. The largest absolute Gasteiger partial charge is 0.508 e. The number of phenolic OH excluding ortho intramolecular Hbond substituents is 1. The summed E-state index contributed by atoms with van der Waals surface area (Å²) in [6, 6.07) is 7.85. The second-order valence-electron chi connectivity index (χ2n) is 5.78. The summed E-state index contributed by atoms with van der Waals surface area (Å²) in [6.45, 7) is -0.403. The fraction of sp³-hybridized carbons (Fsp3) is 0.471. The van der Waals surface area contributed by atoms with E-state index in [0.717, 1.165) is 19.3 Å². The third-order valence-electron chi connectivity index (χ3n) is 4.33. The summed E-state index contributed by atoms with van der Waals surface area (Å²) in [5.74, 6) is -0.979. The van der Waals surface area contributed by atoms with Crippen LogP contribution in [0.5, 0.6) is 5.75 Å². The molecule has 0 radical (unpaired) electrons. The summed E-state index contributed by atoms with van der Waals surface area (Å²) in [5.41, 5.74) is -0.536. The van der Waals surface area contributed by atoms with Crippen LogP contribution in [-0.4, -0.2) is 41.1 Å². The van der Waals surface area contributed by atoms with Gasteiger partial charge in [0, 0.05) is 7.05 Å². The van der Waals surface area contributed by atoms with Crippen LogP contribution in [0.2, 0.25) is 0 Å². The smallest absolute Gasteiger partial charge is 0.338 e. The summed E-state index contributed by atoms with van der Waals surface area (Å²) >= 11 is 0. The minimum atomic E-state index is -0.791. The van der Waals surface area contributed by atoms with Gasteiger partial charge in [-0.1, -0.05) is 19.3 Å². The van der Waals surface area contributed by atoms with Crippen LogP contribution in [0.4, 0.5) is 0 Å². The number of likely N-dealkylation sites (N-methyl/N-ethyl adjacent to an activating group) is 1. The monoisotopic (exact) mass is 316 g/mol. The van der Waals surface area contributed by atoms with Crippen LogP contribution in [0, 0.1) is 11.3 Å². The van der Waals surface area contributed by atoms with Crippen LogP contribution in [0.3, 0.4) is 0 Å². The van der Waals surface area contributed by atoms with Gasteiger partial charge < -0.3 is 14.7 Å². The van der Waals surface area contributed by atoms with Crippen molar-refractivity contribution in [3.8, 4) is 11.8 Å². The second-order valence-corrected chi connectivity index (χ2v) is 5.78. The van der Waals surface area contributed by atoms with E-state index in [-0.39, 0.29) is 17.2 Å². The molecule has 1 N–H and O–H groups in total. The molecule has 122 valence electrons. The van der Waals surface area contributed by atoms with Crippen LogP contribution in [0.1, 0.15) is 42.5 Å². The lowest BCUT2D eigenvalue weighted by molar-refractivity contribution is -0.138. The van der Waals surface area contributed by atoms with Crippen LogP contribution in [-0.2, 0) is 9.53 Å². The molecule has 1 aliphatic carbocycles. The van der Waals surface area contributed by atoms with E-state index in [1.807, 2.05) is 0 Å². The number of aromatic hydroxyl groups is 1. The van der Waals surface area contributed by atoms with Gasteiger partial charge in [-0.3, -0.25) is 4.79 Å². The van der Waals surface area contributed by atoms with E-state index in [0.29, 0.717) is 12.8 Å². The van der Waals surface area contributed by atoms with E-state index in [4.69, 9.17) is 4.74 Å². The van der Waals surface area contributed by atoms with Gasteiger partial charge in [-0.2, -0.15) is 5.26 Å². The molecule has 1 aliphatic rings. The quantitative estimate of drug-likeness (QED) is 0.860. The zero-order valence-electron chi connectivity index (χ0n) is 13.1. The van der Waals surface area contributed by atoms with Gasteiger partial charge in [0.05, 0.1) is 11.6 Å². The highest BCUT2D eigenvalue weighted by molar-refractivity contribution is 5.91. The van der Waals surface area contributed by atoms with Crippen molar-refractivity contribution in [2.24, 2.45) is 0 Å².